The number of nitrogens with one attached hydrogen (secondary N) is 1. The number of hydrazine groups is 1. The van der Waals surface area contributed by atoms with Crippen molar-refractivity contribution in [3.05, 3.63) is 23.2 Å². The summed E-state index contributed by atoms with van der Waals surface area (Å²) in [6, 6.07) is 4.21. The molecule has 1 rings (SSSR count). The van der Waals surface area contributed by atoms with Gasteiger partial charge in [0.05, 0.1) is 10.7 Å². The van der Waals surface area contributed by atoms with Crippen LogP contribution in [-0.2, 0) is 0 Å². The van der Waals surface area contributed by atoms with E-state index in [-0.39, 0.29) is 27.4 Å². The van der Waals surface area contributed by atoms with Gasteiger partial charge < -0.3 is 5.43 Å². The van der Waals surface area contributed by atoms with Gasteiger partial charge in [-0.25, -0.2) is 0 Å². The standard InChI is InChI=1S/C7H6ClF3N2S/c8-6-4(13-12)2-1-3-5(6)14-7(9,10)11/h1-3,13H,12H2. The summed E-state index contributed by atoms with van der Waals surface area (Å²) in [5.41, 5.74) is -1.88. The van der Waals surface area contributed by atoms with Crippen LogP contribution in [0.3, 0.4) is 0 Å². The SMILES string of the molecule is NNc1cccc(SC(F)(F)F)c1Cl. The summed E-state index contributed by atoms with van der Waals surface area (Å²) < 4.78 is 36.0. The molecule has 78 valence electrons. The molecule has 14 heavy (non-hydrogen) atoms. The number of benzene rings is 1. The molecule has 0 saturated carbocycles. The Bertz CT molecular complexity index is 329. The van der Waals surface area contributed by atoms with Crippen molar-refractivity contribution < 1.29 is 13.2 Å². The Labute approximate surface area is 87.6 Å². The average Bonchev–Trinajstić information content (AvgIpc) is 2.06. The van der Waals surface area contributed by atoms with E-state index in [2.05, 4.69) is 5.43 Å². The Morgan fingerprint density at radius 3 is 2.50 bits per heavy atom. The summed E-state index contributed by atoms with van der Waals surface area (Å²) in [7, 11) is 0. The van der Waals surface area contributed by atoms with Crippen LogP contribution in [0, 0.1) is 0 Å². The molecule has 1 aromatic rings. The zero-order chi connectivity index (χ0) is 10.8. The molecule has 0 atom stereocenters. The zero-order valence-electron chi connectivity index (χ0n) is 6.73. The van der Waals surface area contributed by atoms with Gasteiger partial charge in [0.1, 0.15) is 0 Å². The first-order valence-corrected chi connectivity index (χ1v) is 4.64. The molecule has 0 aliphatic rings. The molecule has 2 nitrogen and oxygen atoms in total. The first-order valence-electron chi connectivity index (χ1n) is 3.45. The van der Waals surface area contributed by atoms with Crippen molar-refractivity contribution in [3.8, 4) is 0 Å². The summed E-state index contributed by atoms with van der Waals surface area (Å²) in [4.78, 5) is -0.0744. The molecule has 0 aromatic heterocycles. The van der Waals surface area contributed by atoms with Crippen LogP contribution in [0.2, 0.25) is 5.02 Å². The maximum absolute atomic E-state index is 12.0. The van der Waals surface area contributed by atoms with Gasteiger partial charge in [-0.2, -0.15) is 13.2 Å². The van der Waals surface area contributed by atoms with Gasteiger partial charge in [0.15, 0.2) is 0 Å². The van der Waals surface area contributed by atoms with Crippen molar-refractivity contribution in [1.82, 2.24) is 0 Å². The third kappa shape index (κ3) is 2.97. The highest BCUT2D eigenvalue weighted by Gasteiger charge is 2.30. The van der Waals surface area contributed by atoms with Crippen molar-refractivity contribution in [2.24, 2.45) is 5.84 Å². The van der Waals surface area contributed by atoms with Crippen LogP contribution in [-0.4, -0.2) is 5.51 Å². The fourth-order valence-electron chi connectivity index (χ4n) is 0.826. The smallest absolute Gasteiger partial charge is 0.323 e. The summed E-state index contributed by atoms with van der Waals surface area (Å²) in [5.74, 6) is 5.06. The lowest BCUT2D eigenvalue weighted by molar-refractivity contribution is -0.0328. The van der Waals surface area contributed by atoms with Gasteiger partial charge in [0.2, 0.25) is 0 Å². The minimum atomic E-state index is -4.35. The number of alkyl halides is 3. The highest BCUT2D eigenvalue weighted by Crippen LogP contribution is 2.42. The predicted octanol–water partition coefficient (Wildman–Crippen LogP) is 3.24. The molecular formula is C7H6ClF3N2S. The molecule has 0 radical (unpaired) electrons. The zero-order valence-corrected chi connectivity index (χ0v) is 8.30. The Morgan fingerprint density at radius 1 is 1.36 bits per heavy atom. The fraction of sp³-hybridized carbons (Fsp3) is 0.143. The number of halogens is 4. The van der Waals surface area contributed by atoms with E-state index in [1.165, 1.54) is 18.2 Å². The lowest BCUT2D eigenvalue weighted by Gasteiger charge is -2.09. The number of nitrogens with two attached hydrogens (primary N) is 1. The molecule has 0 unspecified atom stereocenters. The van der Waals surface area contributed by atoms with Crippen LogP contribution in [0.5, 0.6) is 0 Å². The van der Waals surface area contributed by atoms with Gasteiger partial charge in [-0.05, 0) is 23.9 Å². The van der Waals surface area contributed by atoms with Crippen LogP contribution >= 0.6 is 23.4 Å². The number of anilines is 1. The molecular weight excluding hydrogens is 237 g/mol. The molecule has 7 heteroatoms. The molecule has 3 N–H and O–H groups in total. The van der Waals surface area contributed by atoms with E-state index < -0.39 is 5.51 Å². The topological polar surface area (TPSA) is 38.0 Å². The van der Waals surface area contributed by atoms with Crippen LogP contribution in [0.4, 0.5) is 18.9 Å². The van der Waals surface area contributed by atoms with Crippen LogP contribution in [0.25, 0.3) is 0 Å². The second-order valence-corrected chi connectivity index (χ2v) is 3.79. The van der Waals surface area contributed by atoms with E-state index in [0.29, 0.717) is 0 Å². The van der Waals surface area contributed by atoms with Crippen LogP contribution in [0.15, 0.2) is 23.1 Å². The van der Waals surface area contributed by atoms with E-state index in [0.717, 1.165) is 0 Å². The lowest BCUT2D eigenvalue weighted by atomic mass is 10.3. The number of hydrogen-bond donors (Lipinski definition) is 2. The van der Waals surface area contributed by atoms with Gasteiger partial charge in [0, 0.05) is 4.90 Å². The largest absolute Gasteiger partial charge is 0.446 e. The second-order valence-electron chi connectivity index (χ2n) is 2.31. The molecule has 0 fully saturated rings. The second kappa shape index (κ2) is 4.29. The summed E-state index contributed by atoms with van der Waals surface area (Å²) in [5, 5.41) is -0.0303. The van der Waals surface area contributed by atoms with Crippen molar-refractivity contribution in [2.45, 2.75) is 10.4 Å². The Balaban J connectivity index is 2.98. The van der Waals surface area contributed by atoms with E-state index in [1.807, 2.05) is 0 Å². The minimum absolute atomic E-state index is 0.0303. The lowest BCUT2D eigenvalue weighted by Crippen LogP contribution is -2.07. The first-order chi connectivity index (χ1) is 6.44. The quantitative estimate of drug-likeness (QED) is 0.475. The maximum atomic E-state index is 12.0. The third-order valence-corrected chi connectivity index (χ3v) is 2.66. The Kier molecular flexibility index (Phi) is 3.52. The summed E-state index contributed by atoms with van der Waals surface area (Å²) >= 11 is 5.38. The fourth-order valence-corrected chi connectivity index (χ4v) is 1.72. The molecule has 0 heterocycles. The minimum Gasteiger partial charge on any atom is -0.323 e. The van der Waals surface area contributed by atoms with E-state index in [9.17, 15) is 13.2 Å². The molecule has 0 aliphatic heterocycles. The van der Waals surface area contributed by atoms with Crippen molar-refractivity contribution >= 4 is 29.1 Å². The normalized spacial score (nSPS) is 11.5. The number of rotatable bonds is 2. The molecule has 0 aliphatic carbocycles. The van der Waals surface area contributed by atoms with Gasteiger partial charge in [-0.3, -0.25) is 5.84 Å². The van der Waals surface area contributed by atoms with Crippen molar-refractivity contribution in [2.75, 3.05) is 5.43 Å². The molecule has 0 saturated heterocycles. The first kappa shape index (κ1) is 11.5. The van der Waals surface area contributed by atoms with Crippen LogP contribution in [0.1, 0.15) is 0 Å². The third-order valence-electron chi connectivity index (χ3n) is 1.34. The average molecular weight is 243 g/mol. The predicted molar refractivity (Wildman–Crippen MR) is 51.2 cm³/mol. The van der Waals surface area contributed by atoms with Gasteiger partial charge in [0.25, 0.3) is 0 Å². The van der Waals surface area contributed by atoms with Gasteiger partial charge in [-0.15, -0.1) is 0 Å². The number of thioether (sulfide) groups is 1. The van der Waals surface area contributed by atoms with E-state index >= 15 is 0 Å². The van der Waals surface area contributed by atoms with Gasteiger partial charge >= 0.3 is 5.51 Å². The monoisotopic (exact) mass is 242 g/mol. The number of hydrogen-bond acceptors (Lipinski definition) is 3. The maximum Gasteiger partial charge on any atom is 0.446 e. The van der Waals surface area contributed by atoms with Crippen LogP contribution < -0.4 is 11.3 Å². The van der Waals surface area contributed by atoms with Crippen molar-refractivity contribution in [1.29, 1.82) is 0 Å². The molecule has 0 amide bonds. The molecule has 0 spiro atoms. The molecule has 0 bridgehead atoms. The Hall–Kier alpha value is -0.590. The van der Waals surface area contributed by atoms with E-state index in [4.69, 9.17) is 17.4 Å². The highest BCUT2D eigenvalue weighted by atomic mass is 35.5. The molecule has 1 aromatic carbocycles. The highest BCUT2D eigenvalue weighted by molar-refractivity contribution is 8.00. The number of nitrogen functional groups attached to an aromatic ring is 1. The van der Waals surface area contributed by atoms with Crippen molar-refractivity contribution in [3.63, 3.8) is 0 Å². The van der Waals surface area contributed by atoms with E-state index in [1.54, 1.807) is 0 Å². The Morgan fingerprint density at radius 2 is 2.00 bits per heavy atom. The summed E-state index contributed by atoms with van der Waals surface area (Å²) in [6.07, 6.45) is 0. The summed E-state index contributed by atoms with van der Waals surface area (Å²) in [6.45, 7) is 0. The van der Waals surface area contributed by atoms with Gasteiger partial charge in [-0.1, -0.05) is 17.7 Å².